The van der Waals surface area contributed by atoms with E-state index in [0.717, 1.165) is 5.56 Å². The molecule has 20 heavy (non-hydrogen) atoms. The van der Waals surface area contributed by atoms with Crippen LogP contribution in [0.3, 0.4) is 0 Å². The van der Waals surface area contributed by atoms with Gasteiger partial charge in [-0.2, -0.15) is 4.98 Å². The Bertz CT molecular complexity index is 736. The highest BCUT2D eigenvalue weighted by molar-refractivity contribution is 5.78. The van der Waals surface area contributed by atoms with E-state index >= 15 is 0 Å². The van der Waals surface area contributed by atoms with Gasteiger partial charge in [-0.25, -0.2) is 4.39 Å². The van der Waals surface area contributed by atoms with Crippen LogP contribution in [0.15, 0.2) is 46.9 Å². The van der Waals surface area contributed by atoms with Crippen LogP contribution in [0.4, 0.5) is 16.1 Å². The lowest BCUT2D eigenvalue weighted by molar-refractivity contribution is 0.603. The topological polar surface area (TPSA) is 64.1 Å². The number of oxazole rings is 1. The number of anilines is 2. The fourth-order valence-corrected chi connectivity index (χ4v) is 2.03. The number of aromatic nitrogens is 1. The van der Waals surface area contributed by atoms with Crippen molar-refractivity contribution in [1.82, 2.24) is 4.98 Å². The van der Waals surface area contributed by atoms with E-state index in [1.165, 1.54) is 12.1 Å². The first-order valence-electron chi connectivity index (χ1n) is 6.30. The van der Waals surface area contributed by atoms with Gasteiger partial charge in [-0.05, 0) is 42.8 Å². The molecule has 3 rings (SSSR count). The molecule has 1 aromatic heterocycles. The molecule has 0 radical (unpaired) electrons. The predicted molar refractivity (Wildman–Crippen MR) is 76.9 cm³/mol. The van der Waals surface area contributed by atoms with Gasteiger partial charge in [0.25, 0.3) is 6.01 Å². The Balaban J connectivity index is 1.83. The van der Waals surface area contributed by atoms with Gasteiger partial charge in [0.15, 0.2) is 5.58 Å². The number of benzene rings is 2. The lowest BCUT2D eigenvalue weighted by atomic mass is 10.1. The van der Waals surface area contributed by atoms with E-state index in [4.69, 9.17) is 10.2 Å². The second-order valence-corrected chi connectivity index (χ2v) is 4.66. The zero-order chi connectivity index (χ0) is 14.1. The third-order valence-electron chi connectivity index (χ3n) is 3.12. The van der Waals surface area contributed by atoms with Gasteiger partial charge >= 0.3 is 0 Å². The molecule has 2 aromatic carbocycles. The van der Waals surface area contributed by atoms with Crippen molar-refractivity contribution in [3.63, 3.8) is 0 Å². The van der Waals surface area contributed by atoms with E-state index in [1.807, 2.05) is 6.92 Å². The molecule has 1 atom stereocenters. The quantitative estimate of drug-likeness (QED) is 0.712. The summed E-state index contributed by atoms with van der Waals surface area (Å²) in [5.74, 6) is -0.252. The molecule has 0 amide bonds. The molecule has 3 N–H and O–H groups in total. The van der Waals surface area contributed by atoms with E-state index in [1.54, 1.807) is 30.3 Å². The number of nitrogen functional groups attached to an aromatic ring is 1. The average Bonchev–Trinajstić information content (AvgIpc) is 2.80. The van der Waals surface area contributed by atoms with Crippen LogP contribution in [0.25, 0.3) is 11.1 Å². The Kier molecular flexibility index (Phi) is 3.02. The summed E-state index contributed by atoms with van der Waals surface area (Å²) in [6.07, 6.45) is 0. The van der Waals surface area contributed by atoms with Crippen molar-refractivity contribution in [1.29, 1.82) is 0 Å². The van der Waals surface area contributed by atoms with Crippen molar-refractivity contribution in [2.75, 3.05) is 11.1 Å². The summed E-state index contributed by atoms with van der Waals surface area (Å²) in [4.78, 5) is 4.32. The molecule has 3 aromatic rings. The Morgan fingerprint density at radius 1 is 1.20 bits per heavy atom. The molecule has 1 heterocycles. The molecule has 4 nitrogen and oxygen atoms in total. The summed E-state index contributed by atoms with van der Waals surface area (Å²) >= 11 is 0. The van der Waals surface area contributed by atoms with Crippen LogP contribution in [0, 0.1) is 5.82 Å². The second-order valence-electron chi connectivity index (χ2n) is 4.66. The third kappa shape index (κ3) is 2.42. The Labute approximate surface area is 115 Å². The highest BCUT2D eigenvalue weighted by Crippen LogP contribution is 2.24. The maximum atomic E-state index is 12.9. The van der Waals surface area contributed by atoms with E-state index in [2.05, 4.69) is 10.3 Å². The lowest BCUT2D eigenvalue weighted by Crippen LogP contribution is -2.06. The van der Waals surface area contributed by atoms with Gasteiger partial charge < -0.3 is 15.5 Å². The number of nitrogens with two attached hydrogens (primary N) is 1. The van der Waals surface area contributed by atoms with E-state index in [0.29, 0.717) is 22.8 Å². The molecular weight excluding hydrogens is 257 g/mol. The molecular formula is C15H14FN3O. The largest absolute Gasteiger partial charge is 0.424 e. The first-order chi connectivity index (χ1) is 9.61. The van der Waals surface area contributed by atoms with E-state index in [-0.39, 0.29) is 11.9 Å². The SMILES string of the molecule is CC(Nc1nc2cc(N)ccc2o1)c1ccc(F)cc1. The molecule has 0 aliphatic heterocycles. The van der Waals surface area contributed by atoms with Crippen LogP contribution in [-0.2, 0) is 0 Å². The summed E-state index contributed by atoms with van der Waals surface area (Å²) < 4.78 is 18.5. The molecule has 5 heteroatoms. The number of hydrogen-bond acceptors (Lipinski definition) is 4. The fraction of sp³-hybridized carbons (Fsp3) is 0.133. The van der Waals surface area contributed by atoms with Crippen molar-refractivity contribution in [3.05, 3.63) is 53.8 Å². The highest BCUT2D eigenvalue weighted by Gasteiger charge is 2.10. The van der Waals surface area contributed by atoms with Crippen molar-refractivity contribution in [2.24, 2.45) is 0 Å². The van der Waals surface area contributed by atoms with Gasteiger partial charge in [0.1, 0.15) is 11.3 Å². The highest BCUT2D eigenvalue weighted by atomic mass is 19.1. The molecule has 0 aliphatic rings. The number of rotatable bonds is 3. The molecule has 0 bridgehead atoms. The van der Waals surface area contributed by atoms with E-state index < -0.39 is 0 Å². The molecule has 1 unspecified atom stereocenters. The molecule has 0 saturated heterocycles. The fourth-order valence-electron chi connectivity index (χ4n) is 2.03. The summed E-state index contributed by atoms with van der Waals surface area (Å²) in [7, 11) is 0. The van der Waals surface area contributed by atoms with Gasteiger partial charge in [-0.3, -0.25) is 0 Å². The number of halogens is 1. The average molecular weight is 271 g/mol. The van der Waals surface area contributed by atoms with Gasteiger partial charge in [0.2, 0.25) is 0 Å². The lowest BCUT2D eigenvalue weighted by Gasteiger charge is -2.12. The monoisotopic (exact) mass is 271 g/mol. The smallest absolute Gasteiger partial charge is 0.296 e. The first kappa shape index (κ1) is 12.5. The van der Waals surface area contributed by atoms with Crippen LogP contribution >= 0.6 is 0 Å². The van der Waals surface area contributed by atoms with Crippen LogP contribution in [-0.4, -0.2) is 4.98 Å². The Morgan fingerprint density at radius 3 is 2.70 bits per heavy atom. The number of nitrogens with one attached hydrogen (secondary N) is 1. The summed E-state index contributed by atoms with van der Waals surface area (Å²) in [6.45, 7) is 1.95. The number of hydrogen-bond donors (Lipinski definition) is 2. The molecule has 0 saturated carbocycles. The van der Waals surface area contributed by atoms with Crippen molar-refractivity contribution < 1.29 is 8.81 Å². The molecule has 102 valence electrons. The third-order valence-corrected chi connectivity index (χ3v) is 3.12. The maximum Gasteiger partial charge on any atom is 0.296 e. The van der Waals surface area contributed by atoms with Gasteiger partial charge in [-0.1, -0.05) is 12.1 Å². The van der Waals surface area contributed by atoms with Crippen molar-refractivity contribution >= 4 is 22.8 Å². The zero-order valence-electron chi connectivity index (χ0n) is 10.9. The van der Waals surface area contributed by atoms with Crippen molar-refractivity contribution in [3.8, 4) is 0 Å². The first-order valence-corrected chi connectivity index (χ1v) is 6.30. The number of fused-ring (bicyclic) bond motifs is 1. The molecule has 0 spiro atoms. The van der Waals surface area contributed by atoms with Gasteiger partial charge in [-0.15, -0.1) is 0 Å². The Morgan fingerprint density at radius 2 is 1.95 bits per heavy atom. The summed E-state index contributed by atoms with van der Waals surface area (Å²) in [6, 6.07) is 12.0. The summed E-state index contributed by atoms with van der Waals surface area (Å²) in [5, 5.41) is 3.15. The van der Waals surface area contributed by atoms with Crippen LogP contribution in [0.2, 0.25) is 0 Å². The summed E-state index contributed by atoms with van der Waals surface area (Å²) in [5.41, 5.74) is 8.68. The van der Waals surface area contributed by atoms with Gasteiger partial charge in [0, 0.05) is 5.69 Å². The molecule has 0 fully saturated rings. The predicted octanol–water partition coefficient (Wildman–Crippen LogP) is 3.72. The minimum absolute atomic E-state index is 0.0407. The zero-order valence-corrected chi connectivity index (χ0v) is 10.9. The minimum atomic E-state index is -0.252. The minimum Gasteiger partial charge on any atom is -0.424 e. The second kappa shape index (κ2) is 4.85. The number of nitrogens with zero attached hydrogens (tertiary/aromatic N) is 1. The normalized spacial score (nSPS) is 12.5. The van der Waals surface area contributed by atoms with Crippen LogP contribution < -0.4 is 11.1 Å². The van der Waals surface area contributed by atoms with Crippen LogP contribution in [0.5, 0.6) is 0 Å². The molecule has 0 aliphatic carbocycles. The van der Waals surface area contributed by atoms with Crippen LogP contribution in [0.1, 0.15) is 18.5 Å². The van der Waals surface area contributed by atoms with Gasteiger partial charge in [0.05, 0.1) is 6.04 Å². The van der Waals surface area contributed by atoms with E-state index in [9.17, 15) is 4.39 Å². The van der Waals surface area contributed by atoms with Crippen molar-refractivity contribution in [2.45, 2.75) is 13.0 Å². The maximum absolute atomic E-state index is 12.9. The Hall–Kier alpha value is -2.56. The standard InChI is InChI=1S/C15H14FN3O/c1-9(10-2-4-11(16)5-3-10)18-15-19-13-8-12(17)6-7-14(13)20-15/h2-9H,17H2,1H3,(H,18,19).